The van der Waals surface area contributed by atoms with Gasteiger partial charge in [0.25, 0.3) is 5.91 Å². The maximum atomic E-state index is 15.1. The van der Waals surface area contributed by atoms with E-state index in [1.807, 2.05) is 4.72 Å². The van der Waals surface area contributed by atoms with Crippen molar-refractivity contribution in [3.63, 3.8) is 0 Å². The van der Waals surface area contributed by atoms with Crippen molar-refractivity contribution in [1.29, 1.82) is 0 Å². The van der Waals surface area contributed by atoms with E-state index in [0.717, 1.165) is 5.56 Å². The molecule has 1 aliphatic rings. The molecule has 0 radical (unpaired) electrons. The van der Waals surface area contributed by atoms with Crippen LogP contribution >= 0.6 is 0 Å². The van der Waals surface area contributed by atoms with Crippen LogP contribution in [0.2, 0.25) is 0 Å². The van der Waals surface area contributed by atoms with Crippen LogP contribution in [-0.2, 0) is 28.2 Å². The highest BCUT2D eigenvalue weighted by atomic mass is 32.2. The fourth-order valence-electron chi connectivity index (χ4n) is 3.08. The molecule has 0 saturated carbocycles. The topological polar surface area (TPSA) is 121 Å². The van der Waals surface area contributed by atoms with Gasteiger partial charge in [-0.2, -0.15) is 8.42 Å². The molecule has 172 valence electrons. The van der Waals surface area contributed by atoms with Gasteiger partial charge in [0.2, 0.25) is 0 Å². The van der Waals surface area contributed by atoms with Gasteiger partial charge in [0.05, 0.1) is 7.11 Å². The molecule has 1 aliphatic heterocycles. The molecule has 0 aromatic heterocycles. The lowest BCUT2D eigenvalue weighted by Crippen LogP contribution is -2.34. The molecule has 3 N–H and O–H groups in total. The first-order chi connectivity index (χ1) is 15.3. The summed E-state index contributed by atoms with van der Waals surface area (Å²) in [6.07, 6.45) is 0. The van der Waals surface area contributed by atoms with E-state index in [1.165, 1.54) is 12.1 Å². The van der Waals surface area contributed by atoms with Crippen LogP contribution in [-0.4, -0.2) is 48.0 Å². The van der Waals surface area contributed by atoms with Crippen LogP contribution in [0.5, 0.6) is 11.5 Å². The van der Waals surface area contributed by atoms with E-state index < -0.39 is 28.5 Å². The van der Waals surface area contributed by atoms with E-state index >= 15 is 4.39 Å². The van der Waals surface area contributed by atoms with E-state index in [0.29, 0.717) is 21.6 Å². The second-order valence-electron chi connectivity index (χ2n) is 6.77. The molecule has 1 saturated heterocycles. The van der Waals surface area contributed by atoms with Crippen molar-refractivity contribution in [2.75, 3.05) is 32.1 Å². The Labute approximate surface area is 185 Å². The molecule has 10 nitrogen and oxygen atoms in total. The zero-order valence-corrected chi connectivity index (χ0v) is 18.6. The average molecular weight is 466 g/mol. The molecule has 1 amide bonds. The molecule has 0 atom stereocenters. The molecule has 2 aromatic carbocycles. The zero-order chi connectivity index (χ0) is 23.3. The lowest BCUT2D eigenvalue weighted by atomic mass is 10.1. The maximum absolute atomic E-state index is 15.1. The van der Waals surface area contributed by atoms with Crippen LogP contribution in [0, 0.1) is 5.82 Å². The quantitative estimate of drug-likeness (QED) is 0.410. The second-order valence-corrected chi connectivity index (χ2v) is 8.37. The SMILES string of the molecule is CN=C(NC)NCc1cc(F)c(N2CC(=O)NS2(=O)=O)c(OCc2ccc(OC)cc2)c1. The number of carbonyl (C=O) groups is 1. The largest absolute Gasteiger partial charge is 0.497 e. The molecule has 2 aromatic rings. The Bertz CT molecular complexity index is 1120. The van der Waals surface area contributed by atoms with Gasteiger partial charge in [-0.25, -0.2) is 13.4 Å². The first-order valence-electron chi connectivity index (χ1n) is 9.57. The van der Waals surface area contributed by atoms with Gasteiger partial charge in [-0.15, -0.1) is 0 Å². The highest BCUT2D eigenvalue weighted by molar-refractivity contribution is 7.92. The lowest BCUT2D eigenvalue weighted by molar-refractivity contribution is -0.117. The number of amides is 1. The monoisotopic (exact) mass is 465 g/mol. The number of hydrogen-bond acceptors (Lipinski definition) is 6. The number of ether oxygens (including phenoxy) is 2. The number of guanidine groups is 1. The first kappa shape index (κ1) is 23.1. The number of carbonyl (C=O) groups excluding carboxylic acids is 1. The number of rotatable bonds is 7. The van der Waals surface area contributed by atoms with Crippen molar-refractivity contribution in [3.8, 4) is 11.5 Å². The number of halogens is 1. The number of benzene rings is 2. The Hall–Kier alpha value is -3.54. The molecule has 0 unspecified atom stereocenters. The van der Waals surface area contributed by atoms with E-state index in [9.17, 15) is 13.2 Å². The molecule has 12 heteroatoms. The Kier molecular flexibility index (Phi) is 7.03. The zero-order valence-electron chi connectivity index (χ0n) is 17.8. The highest BCUT2D eigenvalue weighted by Gasteiger charge is 2.37. The fourth-order valence-corrected chi connectivity index (χ4v) is 4.24. The smallest absolute Gasteiger partial charge is 0.326 e. The van der Waals surface area contributed by atoms with Crippen LogP contribution in [0.15, 0.2) is 41.4 Å². The average Bonchev–Trinajstić information content (AvgIpc) is 3.04. The van der Waals surface area contributed by atoms with Crippen molar-refractivity contribution in [1.82, 2.24) is 15.4 Å². The van der Waals surface area contributed by atoms with Gasteiger partial charge in [-0.05, 0) is 35.4 Å². The Morgan fingerprint density at radius 2 is 1.97 bits per heavy atom. The molecule has 0 bridgehead atoms. The van der Waals surface area contributed by atoms with Crippen LogP contribution < -0.4 is 29.1 Å². The summed E-state index contributed by atoms with van der Waals surface area (Å²) in [6, 6.07) is 9.75. The van der Waals surface area contributed by atoms with Gasteiger partial charge >= 0.3 is 10.2 Å². The van der Waals surface area contributed by atoms with Crippen LogP contribution in [0.1, 0.15) is 11.1 Å². The molecular weight excluding hydrogens is 441 g/mol. The lowest BCUT2D eigenvalue weighted by Gasteiger charge is -2.21. The van der Waals surface area contributed by atoms with Gasteiger partial charge in [-0.1, -0.05) is 12.1 Å². The summed E-state index contributed by atoms with van der Waals surface area (Å²) in [7, 11) is 0.607. The first-order valence-corrected chi connectivity index (χ1v) is 11.0. The minimum Gasteiger partial charge on any atom is -0.497 e. The summed E-state index contributed by atoms with van der Waals surface area (Å²) < 4.78 is 53.2. The Morgan fingerprint density at radius 1 is 1.25 bits per heavy atom. The Balaban J connectivity index is 1.94. The highest BCUT2D eigenvalue weighted by Crippen LogP contribution is 2.36. The van der Waals surface area contributed by atoms with Gasteiger partial charge in [0.1, 0.15) is 30.3 Å². The number of aliphatic imine (C=N–C) groups is 1. The molecule has 1 heterocycles. The third-order valence-corrected chi connectivity index (χ3v) is 6.01. The van der Waals surface area contributed by atoms with Gasteiger partial charge in [0, 0.05) is 20.6 Å². The minimum absolute atomic E-state index is 0.0165. The van der Waals surface area contributed by atoms with Crippen LogP contribution in [0.3, 0.4) is 0 Å². The standard InChI is InChI=1S/C20H24FN5O5S/c1-22-20(23-2)24-10-14-8-16(21)19(26-11-18(27)25-32(26,28)29)17(9-14)31-12-13-4-6-15(30-3)7-5-13/h4-9H,10-12H2,1-3H3,(H,25,27)(H2,22,23,24). The second kappa shape index (κ2) is 9.73. The summed E-state index contributed by atoms with van der Waals surface area (Å²) in [6.45, 7) is -0.295. The maximum Gasteiger partial charge on any atom is 0.326 e. The molecule has 0 spiro atoms. The minimum atomic E-state index is -4.22. The predicted octanol–water partition coefficient (Wildman–Crippen LogP) is 0.889. The van der Waals surface area contributed by atoms with Crippen molar-refractivity contribution in [2.45, 2.75) is 13.2 Å². The van der Waals surface area contributed by atoms with E-state index in [1.54, 1.807) is 45.5 Å². The fraction of sp³-hybridized carbons (Fsp3) is 0.300. The molecule has 0 aliphatic carbocycles. The molecular formula is C20H24FN5O5S. The van der Waals surface area contributed by atoms with Gasteiger partial charge in [-0.3, -0.25) is 9.79 Å². The summed E-state index contributed by atoms with van der Waals surface area (Å²) in [5, 5.41) is 5.84. The molecule has 3 rings (SSSR count). The van der Waals surface area contributed by atoms with E-state index in [2.05, 4.69) is 15.6 Å². The van der Waals surface area contributed by atoms with Crippen LogP contribution in [0.4, 0.5) is 10.1 Å². The number of hydrogen-bond donors (Lipinski definition) is 3. The van der Waals surface area contributed by atoms with Crippen molar-refractivity contribution < 1.29 is 27.1 Å². The summed E-state index contributed by atoms with van der Waals surface area (Å²) in [5.74, 6) is -0.453. The van der Waals surface area contributed by atoms with Crippen molar-refractivity contribution in [2.24, 2.45) is 4.99 Å². The van der Waals surface area contributed by atoms with E-state index in [-0.39, 0.29) is 24.6 Å². The Morgan fingerprint density at radius 3 is 2.53 bits per heavy atom. The van der Waals surface area contributed by atoms with Crippen LogP contribution in [0.25, 0.3) is 0 Å². The number of nitrogens with one attached hydrogen (secondary N) is 3. The number of anilines is 1. The number of nitrogens with zero attached hydrogens (tertiary/aromatic N) is 2. The van der Waals surface area contributed by atoms with Gasteiger partial charge < -0.3 is 20.1 Å². The normalized spacial score (nSPS) is 15.3. The van der Waals surface area contributed by atoms with Crippen molar-refractivity contribution in [3.05, 3.63) is 53.3 Å². The number of methoxy groups -OCH3 is 1. The summed E-state index contributed by atoms with van der Waals surface area (Å²) in [4.78, 5) is 15.7. The summed E-state index contributed by atoms with van der Waals surface area (Å²) in [5.41, 5.74) is 0.914. The third kappa shape index (κ3) is 5.19. The molecule has 1 fully saturated rings. The third-order valence-electron chi connectivity index (χ3n) is 4.63. The summed E-state index contributed by atoms with van der Waals surface area (Å²) >= 11 is 0. The van der Waals surface area contributed by atoms with Crippen molar-refractivity contribution >= 4 is 27.8 Å². The van der Waals surface area contributed by atoms with E-state index in [4.69, 9.17) is 9.47 Å². The molecule has 32 heavy (non-hydrogen) atoms. The predicted molar refractivity (Wildman–Crippen MR) is 117 cm³/mol. The van der Waals surface area contributed by atoms with Gasteiger partial charge in [0.15, 0.2) is 11.8 Å².